The van der Waals surface area contributed by atoms with Gasteiger partial charge in [0.25, 0.3) is 0 Å². The van der Waals surface area contributed by atoms with Gasteiger partial charge in [0.15, 0.2) is 0 Å². The molecule has 0 spiro atoms. The number of rotatable bonds is 3. The predicted octanol–water partition coefficient (Wildman–Crippen LogP) is 2.61. The van der Waals surface area contributed by atoms with E-state index >= 15 is 0 Å². The number of nitrogens with zero attached hydrogens (tertiary/aromatic N) is 2. The lowest BCUT2D eigenvalue weighted by atomic mass is 10.0. The first-order valence-corrected chi connectivity index (χ1v) is 8.73. The number of nitrogens with one attached hydrogen (secondary N) is 1. The molecule has 0 aromatic carbocycles. The van der Waals surface area contributed by atoms with Gasteiger partial charge in [0, 0.05) is 50.2 Å². The molecule has 1 saturated carbocycles. The zero-order chi connectivity index (χ0) is 14.2. The summed E-state index contributed by atoms with van der Waals surface area (Å²) < 4.78 is 8.38. The van der Waals surface area contributed by atoms with E-state index in [1.807, 2.05) is 0 Å². The molecular formula is C17H27N3O. The highest BCUT2D eigenvalue weighted by Crippen LogP contribution is 2.36. The van der Waals surface area contributed by atoms with Crippen LogP contribution >= 0.6 is 0 Å². The molecule has 116 valence electrons. The first-order chi connectivity index (χ1) is 10.3. The van der Waals surface area contributed by atoms with Gasteiger partial charge in [-0.25, -0.2) is 4.98 Å². The fraction of sp³-hybridized carbons (Fsp3) is 0.824. The highest BCUT2D eigenvalue weighted by Gasteiger charge is 2.31. The molecule has 2 fully saturated rings. The third-order valence-electron chi connectivity index (χ3n) is 5.69. The molecule has 2 aliphatic heterocycles. The summed E-state index contributed by atoms with van der Waals surface area (Å²) in [7, 11) is 0. The summed E-state index contributed by atoms with van der Waals surface area (Å²) in [5.74, 6) is 2.76. The topological polar surface area (TPSA) is 39.1 Å². The molecule has 1 saturated heterocycles. The van der Waals surface area contributed by atoms with Crippen molar-refractivity contribution in [1.82, 2.24) is 14.9 Å². The van der Waals surface area contributed by atoms with Gasteiger partial charge >= 0.3 is 0 Å². The lowest BCUT2D eigenvalue weighted by Gasteiger charge is -2.22. The summed E-state index contributed by atoms with van der Waals surface area (Å²) in [6.45, 7) is 6.34. The van der Waals surface area contributed by atoms with Crippen LogP contribution < -0.4 is 5.32 Å². The van der Waals surface area contributed by atoms with Crippen LogP contribution in [0.5, 0.6) is 0 Å². The second kappa shape index (κ2) is 5.73. The van der Waals surface area contributed by atoms with Crippen LogP contribution in [0.15, 0.2) is 0 Å². The van der Waals surface area contributed by atoms with E-state index in [4.69, 9.17) is 9.72 Å². The highest BCUT2D eigenvalue weighted by molar-refractivity contribution is 5.23. The Morgan fingerprint density at radius 1 is 1.29 bits per heavy atom. The zero-order valence-corrected chi connectivity index (χ0v) is 13.1. The maximum atomic E-state index is 5.78. The lowest BCUT2D eigenvalue weighted by Crippen LogP contribution is -2.27. The van der Waals surface area contributed by atoms with Crippen molar-refractivity contribution in [3.05, 3.63) is 17.2 Å². The smallest absolute Gasteiger partial charge is 0.112 e. The Labute approximate surface area is 127 Å². The van der Waals surface area contributed by atoms with E-state index in [0.29, 0.717) is 17.9 Å². The maximum Gasteiger partial charge on any atom is 0.112 e. The van der Waals surface area contributed by atoms with Crippen molar-refractivity contribution in [1.29, 1.82) is 0 Å². The summed E-state index contributed by atoms with van der Waals surface area (Å²) in [6.07, 6.45) is 8.17. The third kappa shape index (κ3) is 2.53. The molecular weight excluding hydrogens is 262 g/mol. The van der Waals surface area contributed by atoms with Crippen molar-refractivity contribution in [3.63, 3.8) is 0 Å². The standard InChI is InChI=1S/C17H27N3O/c1-12-14(7-9-21-12)11-20-16-6-8-18-10-15(16)19-17(20)13-4-2-3-5-13/h12-14,18H,2-11H2,1H3. The number of fused-ring (bicyclic) bond motifs is 1. The fourth-order valence-corrected chi connectivity index (χ4v) is 4.34. The van der Waals surface area contributed by atoms with Crippen molar-refractivity contribution in [2.24, 2.45) is 5.92 Å². The van der Waals surface area contributed by atoms with E-state index < -0.39 is 0 Å². The fourth-order valence-electron chi connectivity index (χ4n) is 4.34. The minimum Gasteiger partial charge on any atom is -0.378 e. The molecule has 0 amide bonds. The van der Waals surface area contributed by atoms with Gasteiger partial charge in [-0.1, -0.05) is 12.8 Å². The van der Waals surface area contributed by atoms with Crippen molar-refractivity contribution in [3.8, 4) is 0 Å². The van der Waals surface area contributed by atoms with Gasteiger partial charge in [0.05, 0.1) is 11.8 Å². The van der Waals surface area contributed by atoms with Crippen LogP contribution in [-0.2, 0) is 24.2 Å². The largest absolute Gasteiger partial charge is 0.378 e. The van der Waals surface area contributed by atoms with Gasteiger partial charge in [-0.05, 0) is 26.2 Å². The van der Waals surface area contributed by atoms with Crippen LogP contribution in [0.25, 0.3) is 0 Å². The van der Waals surface area contributed by atoms with Gasteiger partial charge < -0.3 is 14.6 Å². The molecule has 1 aromatic heterocycles. The van der Waals surface area contributed by atoms with E-state index in [-0.39, 0.29) is 0 Å². The molecule has 0 bridgehead atoms. The van der Waals surface area contributed by atoms with Crippen LogP contribution in [0.2, 0.25) is 0 Å². The third-order valence-corrected chi connectivity index (χ3v) is 5.69. The molecule has 21 heavy (non-hydrogen) atoms. The van der Waals surface area contributed by atoms with Crippen LogP contribution in [0, 0.1) is 5.92 Å². The Kier molecular flexibility index (Phi) is 3.76. The average molecular weight is 289 g/mol. The van der Waals surface area contributed by atoms with Crippen molar-refractivity contribution < 1.29 is 4.74 Å². The van der Waals surface area contributed by atoms with E-state index in [2.05, 4.69) is 16.8 Å². The van der Waals surface area contributed by atoms with Crippen LogP contribution in [0.3, 0.4) is 0 Å². The quantitative estimate of drug-likeness (QED) is 0.929. The van der Waals surface area contributed by atoms with Crippen molar-refractivity contribution in [2.45, 2.75) is 70.6 Å². The van der Waals surface area contributed by atoms with Gasteiger partial charge in [-0.2, -0.15) is 0 Å². The normalized spacial score (nSPS) is 30.0. The van der Waals surface area contributed by atoms with Crippen LogP contribution in [-0.4, -0.2) is 28.8 Å². The summed E-state index contributed by atoms with van der Waals surface area (Å²) in [5, 5.41) is 3.47. The molecule has 2 atom stereocenters. The second-order valence-electron chi connectivity index (χ2n) is 7.01. The summed E-state index contributed by atoms with van der Waals surface area (Å²) in [4.78, 5) is 5.06. The van der Waals surface area contributed by atoms with E-state index in [0.717, 1.165) is 32.7 Å². The monoisotopic (exact) mass is 289 g/mol. The Morgan fingerprint density at radius 3 is 2.90 bits per heavy atom. The van der Waals surface area contributed by atoms with Crippen LogP contribution in [0.1, 0.15) is 62.2 Å². The number of hydrogen-bond acceptors (Lipinski definition) is 3. The highest BCUT2D eigenvalue weighted by atomic mass is 16.5. The molecule has 4 nitrogen and oxygen atoms in total. The van der Waals surface area contributed by atoms with E-state index in [9.17, 15) is 0 Å². The van der Waals surface area contributed by atoms with Crippen molar-refractivity contribution in [2.75, 3.05) is 13.2 Å². The molecule has 1 N–H and O–H groups in total. The lowest BCUT2D eigenvalue weighted by molar-refractivity contribution is 0.101. The minimum atomic E-state index is 0.404. The predicted molar refractivity (Wildman–Crippen MR) is 82.4 cm³/mol. The number of ether oxygens (including phenoxy) is 1. The van der Waals surface area contributed by atoms with Gasteiger partial charge in [0.2, 0.25) is 0 Å². The molecule has 0 radical (unpaired) electrons. The molecule has 4 heteroatoms. The number of imidazole rings is 1. The number of aromatic nitrogens is 2. The first-order valence-electron chi connectivity index (χ1n) is 8.73. The molecule has 1 aliphatic carbocycles. The van der Waals surface area contributed by atoms with Gasteiger partial charge in [0.1, 0.15) is 5.82 Å². The molecule has 2 unspecified atom stereocenters. The Hall–Kier alpha value is -0.870. The van der Waals surface area contributed by atoms with Gasteiger partial charge in [-0.3, -0.25) is 0 Å². The Bertz CT molecular complexity index is 504. The first kappa shape index (κ1) is 13.8. The van der Waals surface area contributed by atoms with Gasteiger partial charge in [-0.15, -0.1) is 0 Å². The van der Waals surface area contributed by atoms with Crippen molar-refractivity contribution >= 4 is 0 Å². The average Bonchev–Trinajstić information content (AvgIpc) is 3.21. The Balaban J connectivity index is 1.66. The summed E-state index contributed by atoms with van der Waals surface area (Å²) in [6, 6.07) is 0. The minimum absolute atomic E-state index is 0.404. The Morgan fingerprint density at radius 2 is 2.14 bits per heavy atom. The summed E-state index contributed by atoms with van der Waals surface area (Å²) >= 11 is 0. The maximum absolute atomic E-state index is 5.78. The van der Waals surface area contributed by atoms with E-state index in [1.165, 1.54) is 49.3 Å². The zero-order valence-electron chi connectivity index (χ0n) is 13.1. The van der Waals surface area contributed by atoms with Crippen LogP contribution in [0.4, 0.5) is 0 Å². The van der Waals surface area contributed by atoms with E-state index in [1.54, 1.807) is 0 Å². The molecule has 4 rings (SSSR count). The number of hydrogen-bond donors (Lipinski definition) is 1. The SMILES string of the molecule is CC1OCCC1Cn1c(C2CCCC2)nc2c1CCNC2. The molecule has 3 heterocycles. The molecule has 1 aromatic rings. The summed E-state index contributed by atoms with van der Waals surface area (Å²) in [5.41, 5.74) is 2.82. The second-order valence-corrected chi connectivity index (χ2v) is 7.01. The molecule has 3 aliphatic rings.